The molecule has 19 heavy (non-hydrogen) atoms. The summed E-state index contributed by atoms with van der Waals surface area (Å²) in [6, 6.07) is 8.32. The van der Waals surface area contributed by atoms with Crippen molar-refractivity contribution in [2.24, 2.45) is 0 Å². The molecule has 96 valence electrons. The molecule has 0 amide bonds. The third-order valence-electron chi connectivity index (χ3n) is 2.59. The number of furan rings is 1. The molecule has 2 aromatic heterocycles. The Morgan fingerprint density at radius 1 is 1.26 bits per heavy atom. The van der Waals surface area contributed by atoms with Gasteiger partial charge >= 0.3 is 0 Å². The monoisotopic (exact) mass is 258 g/mol. The molecule has 0 aliphatic rings. The van der Waals surface area contributed by atoms with Gasteiger partial charge in [0, 0.05) is 5.56 Å². The van der Waals surface area contributed by atoms with Gasteiger partial charge in [-0.15, -0.1) is 0 Å². The van der Waals surface area contributed by atoms with Crippen molar-refractivity contribution in [3.63, 3.8) is 0 Å². The van der Waals surface area contributed by atoms with Gasteiger partial charge < -0.3 is 18.8 Å². The standard InChI is InChI=1S/C13H10N2O4/c1-17-10-5-4-8(7-9(10)16)13-14-12(15-19-13)11-3-2-6-18-11/h2-7,16H,1H3. The number of phenolic OH excluding ortho intramolecular Hbond substituents is 1. The lowest BCUT2D eigenvalue weighted by molar-refractivity contribution is 0.373. The maximum absolute atomic E-state index is 9.71. The van der Waals surface area contributed by atoms with Gasteiger partial charge in [0.25, 0.3) is 5.89 Å². The molecule has 6 nitrogen and oxygen atoms in total. The molecule has 0 aliphatic heterocycles. The summed E-state index contributed by atoms with van der Waals surface area (Å²) in [6.07, 6.45) is 1.53. The molecule has 2 heterocycles. The topological polar surface area (TPSA) is 81.5 Å². The fourth-order valence-corrected chi connectivity index (χ4v) is 1.67. The van der Waals surface area contributed by atoms with Crippen molar-refractivity contribution >= 4 is 0 Å². The molecule has 1 N–H and O–H groups in total. The van der Waals surface area contributed by atoms with Gasteiger partial charge in [0.2, 0.25) is 5.82 Å². The van der Waals surface area contributed by atoms with Crippen molar-refractivity contribution in [1.29, 1.82) is 0 Å². The van der Waals surface area contributed by atoms with E-state index in [0.717, 1.165) is 0 Å². The minimum absolute atomic E-state index is 0.0118. The van der Waals surface area contributed by atoms with Crippen molar-refractivity contribution in [3.8, 4) is 34.5 Å². The van der Waals surface area contributed by atoms with Crippen LogP contribution >= 0.6 is 0 Å². The molecule has 0 unspecified atom stereocenters. The quantitative estimate of drug-likeness (QED) is 0.777. The van der Waals surface area contributed by atoms with Crippen molar-refractivity contribution in [2.45, 2.75) is 0 Å². The normalized spacial score (nSPS) is 10.6. The Hall–Kier alpha value is -2.76. The van der Waals surface area contributed by atoms with Gasteiger partial charge in [0.15, 0.2) is 17.3 Å². The number of phenols is 1. The SMILES string of the molecule is COc1ccc(-c2nc(-c3ccco3)no2)cc1O. The number of methoxy groups -OCH3 is 1. The first-order valence-electron chi connectivity index (χ1n) is 5.53. The number of hydrogen-bond acceptors (Lipinski definition) is 6. The van der Waals surface area contributed by atoms with E-state index in [1.54, 1.807) is 24.3 Å². The summed E-state index contributed by atoms with van der Waals surface area (Å²) in [7, 11) is 1.48. The van der Waals surface area contributed by atoms with Crippen LogP contribution in [-0.2, 0) is 0 Å². The second-order valence-corrected chi connectivity index (χ2v) is 3.79. The maximum Gasteiger partial charge on any atom is 0.258 e. The van der Waals surface area contributed by atoms with Crippen LogP contribution in [0.25, 0.3) is 23.0 Å². The van der Waals surface area contributed by atoms with Gasteiger partial charge in [-0.2, -0.15) is 4.98 Å². The Bertz CT molecular complexity index is 688. The van der Waals surface area contributed by atoms with Crippen LogP contribution in [0.5, 0.6) is 11.5 Å². The molecule has 6 heteroatoms. The maximum atomic E-state index is 9.71. The Morgan fingerprint density at radius 3 is 2.84 bits per heavy atom. The van der Waals surface area contributed by atoms with E-state index in [2.05, 4.69) is 10.1 Å². The van der Waals surface area contributed by atoms with Crippen LogP contribution < -0.4 is 4.74 Å². The lowest BCUT2D eigenvalue weighted by Gasteiger charge is -2.02. The first-order valence-corrected chi connectivity index (χ1v) is 5.53. The fourth-order valence-electron chi connectivity index (χ4n) is 1.67. The third-order valence-corrected chi connectivity index (χ3v) is 2.59. The first-order chi connectivity index (χ1) is 9.28. The van der Waals surface area contributed by atoms with Crippen molar-refractivity contribution in [3.05, 3.63) is 36.6 Å². The molecule has 0 radical (unpaired) electrons. The molecule has 0 spiro atoms. The average Bonchev–Trinajstić information content (AvgIpc) is 3.09. The highest BCUT2D eigenvalue weighted by atomic mass is 16.5. The van der Waals surface area contributed by atoms with Crippen LogP contribution in [0.15, 0.2) is 45.5 Å². The third kappa shape index (κ3) is 2.03. The minimum Gasteiger partial charge on any atom is -0.504 e. The molecule has 0 fully saturated rings. The van der Waals surface area contributed by atoms with Crippen LogP contribution in [0.3, 0.4) is 0 Å². The predicted molar refractivity (Wildman–Crippen MR) is 65.7 cm³/mol. The number of aromatic nitrogens is 2. The van der Waals surface area contributed by atoms with Gasteiger partial charge in [0.1, 0.15) is 0 Å². The summed E-state index contributed by atoms with van der Waals surface area (Å²) >= 11 is 0. The average molecular weight is 258 g/mol. The zero-order chi connectivity index (χ0) is 13.2. The number of hydrogen-bond donors (Lipinski definition) is 1. The van der Waals surface area contributed by atoms with Crippen molar-refractivity contribution < 1.29 is 18.8 Å². The highest BCUT2D eigenvalue weighted by Crippen LogP contribution is 2.31. The van der Waals surface area contributed by atoms with Gasteiger partial charge in [0.05, 0.1) is 13.4 Å². The minimum atomic E-state index is 0.0118. The zero-order valence-electron chi connectivity index (χ0n) is 10.0. The van der Waals surface area contributed by atoms with Crippen LogP contribution in [0, 0.1) is 0 Å². The molecule has 0 atom stereocenters. The summed E-state index contributed by atoms with van der Waals surface area (Å²) in [5, 5.41) is 13.5. The van der Waals surface area contributed by atoms with Crippen molar-refractivity contribution in [1.82, 2.24) is 10.1 Å². The zero-order valence-corrected chi connectivity index (χ0v) is 10.0. The van der Waals surface area contributed by atoms with E-state index in [9.17, 15) is 5.11 Å². The van der Waals surface area contributed by atoms with Gasteiger partial charge in [-0.05, 0) is 30.3 Å². The molecule has 0 bridgehead atoms. The Labute approximate surface area is 108 Å². The molecule has 0 saturated heterocycles. The molecule has 0 aliphatic carbocycles. The largest absolute Gasteiger partial charge is 0.504 e. The van der Waals surface area contributed by atoms with Crippen molar-refractivity contribution in [2.75, 3.05) is 7.11 Å². The van der Waals surface area contributed by atoms with Crippen LogP contribution in [0.4, 0.5) is 0 Å². The smallest absolute Gasteiger partial charge is 0.258 e. The van der Waals surface area contributed by atoms with E-state index >= 15 is 0 Å². The number of aromatic hydroxyl groups is 1. The lowest BCUT2D eigenvalue weighted by atomic mass is 10.2. The number of nitrogens with zero attached hydrogens (tertiary/aromatic N) is 2. The van der Waals surface area contributed by atoms with Gasteiger partial charge in [-0.1, -0.05) is 5.16 Å². The Balaban J connectivity index is 1.97. The molecule has 3 aromatic rings. The number of rotatable bonds is 3. The Kier molecular flexibility index (Phi) is 2.68. The highest BCUT2D eigenvalue weighted by molar-refractivity contribution is 5.61. The molecule has 0 saturated carbocycles. The van der Waals surface area contributed by atoms with E-state index in [-0.39, 0.29) is 5.75 Å². The summed E-state index contributed by atoms with van der Waals surface area (Å²) in [4.78, 5) is 4.20. The van der Waals surface area contributed by atoms with E-state index in [1.807, 2.05) is 0 Å². The number of ether oxygens (including phenoxy) is 1. The Morgan fingerprint density at radius 2 is 2.16 bits per heavy atom. The van der Waals surface area contributed by atoms with E-state index in [0.29, 0.717) is 28.8 Å². The molecule has 3 rings (SSSR count). The first kappa shape index (κ1) is 11.3. The summed E-state index contributed by atoms with van der Waals surface area (Å²) in [5.41, 5.74) is 0.601. The van der Waals surface area contributed by atoms with E-state index in [1.165, 1.54) is 19.4 Å². The molecule has 1 aromatic carbocycles. The van der Waals surface area contributed by atoms with Crippen LogP contribution in [0.2, 0.25) is 0 Å². The number of benzene rings is 1. The van der Waals surface area contributed by atoms with Crippen LogP contribution in [-0.4, -0.2) is 22.4 Å². The van der Waals surface area contributed by atoms with E-state index < -0.39 is 0 Å². The fraction of sp³-hybridized carbons (Fsp3) is 0.0769. The van der Waals surface area contributed by atoms with Gasteiger partial charge in [-0.3, -0.25) is 0 Å². The van der Waals surface area contributed by atoms with Gasteiger partial charge in [-0.25, -0.2) is 0 Å². The van der Waals surface area contributed by atoms with Crippen LogP contribution in [0.1, 0.15) is 0 Å². The summed E-state index contributed by atoms with van der Waals surface area (Å²) in [5.74, 6) is 1.57. The van der Waals surface area contributed by atoms with E-state index in [4.69, 9.17) is 13.7 Å². The predicted octanol–water partition coefficient (Wildman–Crippen LogP) is 2.71. The lowest BCUT2D eigenvalue weighted by Crippen LogP contribution is -1.84. The summed E-state index contributed by atoms with van der Waals surface area (Å²) in [6.45, 7) is 0. The molecular weight excluding hydrogens is 248 g/mol. The highest BCUT2D eigenvalue weighted by Gasteiger charge is 2.13. The summed E-state index contributed by atoms with van der Waals surface area (Å²) < 4.78 is 15.3. The second-order valence-electron chi connectivity index (χ2n) is 3.79. The molecular formula is C13H10N2O4. The second kappa shape index (κ2) is 4.49.